The van der Waals surface area contributed by atoms with Crippen LogP contribution in [0.4, 0.5) is 0 Å². The number of aliphatic hydroxyl groups is 1. The Balaban J connectivity index is 1.72. The monoisotopic (exact) mass is 312 g/mol. The molecule has 4 heteroatoms. The lowest BCUT2D eigenvalue weighted by Gasteiger charge is -2.36. The van der Waals surface area contributed by atoms with Crippen molar-refractivity contribution >= 4 is 0 Å². The highest BCUT2D eigenvalue weighted by Gasteiger charge is 2.23. The Morgan fingerprint density at radius 3 is 2.83 bits per heavy atom. The van der Waals surface area contributed by atoms with E-state index < -0.39 is 0 Å². The smallest absolute Gasteiger partial charge is 0.119 e. The zero-order valence-corrected chi connectivity index (χ0v) is 13.3. The number of rotatable bonds is 6. The summed E-state index contributed by atoms with van der Waals surface area (Å²) in [6.07, 6.45) is 0. The number of hydrogen-bond donors (Lipinski definition) is 2. The van der Waals surface area contributed by atoms with Crippen molar-refractivity contribution in [3.05, 3.63) is 65.7 Å². The van der Waals surface area contributed by atoms with Gasteiger partial charge in [0.15, 0.2) is 0 Å². The topological polar surface area (TPSA) is 44.7 Å². The molecule has 1 aliphatic rings. The Labute approximate surface area is 137 Å². The van der Waals surface area contributed by atoms with Crippen LogP contribution in [0, 0.1) is 0 Å². The van der Waals surface area contributed by atoms with Crippen LogP contribution >= 0.6 is 0 Å². The molecule has 1 heterocycles. The van der Waals surface area contributed by atoms with Crippen molar-refractivity contribution in [1.29, 1.82) is 0 Å². The Kier molecular flexibility index (Phi) is 5.64. The van der Waals surface area contributed by atoms with Crippen molar-refractivity contribution in [3.63, 3.8) is 0 Å². The third kappa shape index (κ3) is 4.32. The van der Waals surface area contributed by atoms with Gasteiger partial charge in [-0.2, -0.15) is 0 Å². The summed E-state index contributed by atoms with van der Waals surface area (Å²) in [5.74, 6) is 0.822. The van der Waals surface area contributed by atoms with Crippen molar-refractivity contribution in [1.82, 2.24) is 10.2 Å². The maximum absolute atomic E-state index is 8.88. The van der Waals surface area contributed by atoms with Crippen LogP contribution in [0.3, 0.4) is 0 Å². The maximum Gasteiger partial charge on any atom is 0.119 e. The number of hydrogen-bond acceptors (Lipinski definition) is 4. The molecular formula is C19H24N2O2. The standard InChI is InChI=1S/C19H24N2O2/c22-11-12-23-18-8-4-5-16(13-18)15-21-10-9-20-14-19(21)17-6-2-1-3-7-17/h1-8,13,19-20,22H,9-12,14-15H2/t19-/m0/s1. The lowest BCUT2D eigenvalue weighted by molar-refractivity contribution is 0.153. The third-order valence-corrected chi connectivity index (χ3v) is 4.18. The van der Waals surface area contributed by atoms with Gasteiger partial charge in [0.05, 0.1) is 6.61 Å². The summed E-state index contributed by atoms with van der Waals surface area (Å²) in [5.41, 5.74) is 2.59. The quantitative estimate of drug-likeness (QED) is 0.858. The van der Waals surface area contributed by atoms with E-state index in [4.69, 9.17) is 9.84 Å². The van der Waals surface area contributed by atoms with Crippen molar-refractivity contribution in [2.75, 3.05) is 32.8 Å². The molecule has 2 N–H and O–H groups in total. The normalized spacial score (nSPS) is 18.7. The molecule has 0 amide bonds. The van der Waals surface area contributed by atoms with Crippen molar-refractivity contribution < 1.29 is 9.84 Å². The first-order valence-corrected chi connectivity index (χ1v) is 8.19. The predicted octanol–water partition coefficient (Wildman–Crippen LogP) is 2.20. The van der Waals surface area contributed by atoms with Gasteiger partial charge in [0.1, 0.15) is 12.4 Å². The fourth-order valence-corrected chi connectivity index (χ4v) is 3.07. The molecule has 1 aliphatic heterocycles. The zero-order chi connectivity index (χ0) is 15.9. The molecule has 0 saturated carbocycles. The van der Waals surface area contributed by atoms with Crippen LogP contribution in [-0.4, -0.2) is 42.9 Å². The molecule has 0 unspecified atom stereocenters. The summed E-state index contributed by atoms with van der Waals surface area (Å²) < 4.78 is 5.52. The molecule has 3 rings (SSSR count). The summed E-state index contributed by atoms with van der Waals surface area (Å²) in [5, 5.41) is 12.4. The highest BCUT2D eigenvalue weighted by molar-refractivity contribution is 5.29. The Morgan fingerprint density at radius 2 is 2.00 bits per heavy atom. The van der Waals surface area contributed by atoms with Gasteiger partial charge < -0.3 is 15.2 Å². The second kappa shape index (κ2) is 8.11. The summed E-state index contributed by atoms with van der Waals surface area (Å²) in [7, 11) is 0. The number of aliphatic hydroxyl groups excluding tert-OH is 1. The summed E-state index contributed by atoms with van der Waals surface area (Å²) in [6.45, 7) is 4.30. The van der Waals surface area contributed by atoms with E-state index in [1.807, 2.05) is 12.1 Å². The summed E-state index contributed by atoms with van der Waals surface area (Å²) in [4.78, 5) is 2.51. The van der Waals surface area contributed by atoms with Gasteiger partial charge in [-0.1, -0.05) is 42.5 Å². The van der Waals surface area contributed by atoms with Gasteiger partial charge in [0.25, 0.3) is 0 Å². The van der Waals surface area contributed by atoms with Gasteiger partial charge in [-0.3, -0.25) is 4.90 Å². The van der Waals surface area contributed by atoms with Gasteiger partial charge in [0.2, 0.25) is 0 Å². The minimum atomic E-state index is 0.0398. The van der Waals surface area contributed by atoms with Crippen LogP contribution in [0.15, 0.2) is 54.6 Å². The molecule has 0 aliphatic carbocycles. The highest BCUT2D eigenvalue weighted by Crippen LogP contribution is 2.25. The van der Waals surface area contributed by atoms with E-state index >= 15 is 0 Å². The van der Waals surface area contributed by atoms with E-state index in [0.717, 1.165) is 31.9 Å². The number of nitrogens with zero attached hydrogens (tertiary/aromatic N) is 1. The molecular weight excluding hydrogens is 288 g/mol. The first kappa shape index (κ1) is 16.0. The first-order chi connectivity index (χ1) is 11.4. The third-order valence-electron chi connectivity index (χ3n) is 4.18. The molecule has 0 radical (unpaired) electrons. The Bertz CT molecular complexity index is 603. The zero-order valence-electron chi connectivity index (χ0n) is 13.3. The van der Waals surface area contributed by atoms with Crippen LogP contribution in [0.5, 0.6) is 5.75 Å². The van der Waals surface area contributed by atoms with E-state index in [1.54, 1.807) is 0 Å². The molecule has 2 aromatic carbocycles. The molecule has 122 valence electrons. The van der Waals surface area contributed by atoms with Crippen LogP contribution in [0.1, 0.15) is 17.2 Å². The molecule has 0 aromatic heterocycles. The molecule has 1 atom stereocenters. The van der Waals surface area contributed by atoms with Crippen LogP contribution < -0.4 is 10.1 Å². The van der Waals surface area contributed by atoms with E-state index in [0.29, 0.717) is 12.6 Å². The van der Waals surface area contributed by atoms with Gasteiger partial charge >= 0.3 is 0 Å². The molecule has 1 saturated heterocycles. The fraction of sp³-hybridized carbons (Fsp3) is 0.368. The first-order valence-electron chi connectivity index (χ1n) is 8.19. The molecule has 1 fully saturated rings. The van der Waals surface area contributed by atoms with Crippen LogP contribution in [0.25, 0.3) is 0 Å². The van der Waals surface area contributed by atoms with E-state index in [1.165, 1.54) is 11.1 Å². The molecule has 0 bridgehead atoms. The minimum absolute atomic E-state index is 0.0398. The number of piperazine rings is 1. The largest absolute Gasteiger partial charge is 0.491 e. The Hall–Kier alpha value is -1.88. The highest BCUT2D eigenvalue weighted by atomic mass is 16.5. The molecule has 0 spiro atoms. The van der Waals surface area contributed by atoms with Gasteiger partial charge in [-0.25, -0.2) is 0 Å². The fourth-order valence-electron chi connectivity index (χ4n) is 3.07. The predicted molar refractivity (Wildman–Crippen MR) is 91.5 cm³/mol. The number of ether oxygens (including phenoxy) is 1. The summed E-state index contributed by atoms with van der Waals surface area (Å²) in [6, 6.07) is 19.2. The van der Waals surface area contributed by atoms with Gasteiger partial charge in [-0.15, -0.1) is 0 Å². The van der Waals surface area contributed by atoms with E-state index in [-0.39, 0.29) is 6.61 Å². The lowest BCUT2D eigenvalue weighted by atomic mass is 10.0. The number of nitrogens with one attached hydrogen (secondary N) is 1. The van der Waals surface area contributed by atoms with Crippen molar-refractivity contribution in [2.45, 2.75) is 12.6 Å². The summed E-state index contributed by atoms with van der Waals surface area (Å²) >= 11 is 0. The lowest BCUT2D eigenvalue weighted by Crippen LogP contribution is -2.45. The minimum Gasteiger partial charge on any atom is -0.491 e. The maximum atomic E-state index is 8.88. The Morgan fingerprint density at radius 1 is 1.13 bits per heavy atom. The van der Waals surface area contributed by atoms with E-state index in [9.17, 15) is 0 Å². The van der Waals surface area contributed by atoms with Gasteiger partial charge in [0, 0.05) is 32.2 Å². The van der Waals surface area contributed by atoms with Gasteiger partial charge in [-0.05, 0) is 23.3 Å². The van der Waals surface area contributed by atoms with Crippen molar-refractivity contribution in [3.8, 4) is 5.75 Å². The molecule has 2 aromatic rings. The average Bonchev–Trinajstić information content (AvgIpc) is 2.61. The molecule has 4 nitrogen and oxygen atoms in total. The SMILES string of the molecule is OCCOc1cccc(CN2CCNC[C@H]2c2ccccc2)c1. The second-order valence-corrected chi connectivity index (χ2v) is 5.82. The molecule has 23 heavy (non-hydrogen) atoms. The van der Waals surface area contributed by atoms with Crippen molar-refractivity contribution in [2.24, 2.45) is 0 Å². The second-order valence-electron chi connectivity index (χ2n) is 5.82. The van der Waals surface area contributed by atoms with E-state index in [2.05, 4.69) is 52.7 Å². The van der Waals surface area contributed by atoms with Crippen LogP contribution in [0.2, 0.25) is 0 Å². The van der Waals surface area contributed by atoms with Crippen LogP contribution in [-0.2, 0) is 6.54 Å². The average molecular weight is 312 g/mol. The number of benzene rings is 2.